The number of nitrogens with zero attached hydrogens (tertiary/aromatic N) is 3. The molecule has 25 heavy (non-hydrogen) atoms. The quantitative estimate of drug-likeness (QED) is 0.779. The van der Waals surface area contributed by atoms with Gasteiger partial charge in [-0.1, -0.05) is 35.9 Å². The lowest BCUT2D eigenvalue weighted by Crippen LogP contribution is -2.29. The smallest absolute Gasteiger partial charge is 0.229 e. The Bertz CT molecular complexity index is 907. The van der Waals surface area contributed by atoms with E-state index in [4.69, 9.17) is 16.3 Å². The molecule has 126 valence electrons. The predicted molar refractivity (Wildman–Crippen MR) is 93.6 cm³/mol. The third-order valence-corrected chi connectivity index (χ3v) is 4.31. The van der Waals surface area contributed by atoms with Gasteiger partial charge in [-0.3, -0.25) is 10.1 Å². The van der Waals surface area contributed by atoms with E-state index in [1.54, 1.807) is 4.68 Å². The topological polar surface area (TPSA) is 69.0 Å². The van der Waals surface area contributed by atoms with Gasteiger partial charge in [0.25, 0.3) is 0 Å². The lowest BCUT2D eigenvalue weighted by atomic mass is 10.0. The maximum absolute atomic E-state index is 11.9. The van der Waals surface area contributed by atoms with Crippen LogP contribution in [0, 0.1) is 0 Å². The van der Waals surface area contributed by atoms with E-state index >= 15 is 0 Å². The van der Waals surface area contributed by atoms with Crippen molar-refractivity contribution in [3.05, 3.63) is 71.0 Å². The van der Waals surface area contributed by atoms with Crippen molar-refractivity contribution in [2.45, 2.75) is 19.1 Å². The number of aromatic nitrogens is 3. The zero-order valence-electron chi connectivity index (χ0n) is 13.2. The lowest BCUT2D eigenvalue weighted by Gasteiger charge is -2.24. The zero-order valence-corrected chi connectivity index (χ0v) is 14.0. The third kappa shape index (κ3) is 3.34. The van der Waals surface area contributed by atoms with Crippen molar-refractivity contribution in [2.75, 3.05) is 5.32 Å². The van der Waals surface area contributed by atoms with Gasteiger partial charge in [-0.25, -0.2) is 4.68 Å². The van der Waals surface area contributed by atoms with E-state index in [1.165, 1.54) is 6.33 Å². The molecule has 6 nitrogen and oxygen atoms in total. The molecule has 0 spiro atoms. The summed E-state index contributed by atoms with van der Waals surface area (Å²) < 4.78 is 7.59. The molecule has 0 saturated heterocycles. The molecule has 1 atom stereocenters. The van der Waals surface area contributed by atoms with E-state index in [0.29, 0.717) is 24.0 Å². The molecule has 7 heteroatoms. The molecule has 1 aliphatic rings. The summed E-state index contributed by atoms with van der Waals surface area (Å²) in [5.41, 5.74) is 1.99. The number of amides is 1. The van der Waals surface area contributed by atoms with Gasteiger partial charge in [0, 0.05) is 5.02 Å². The van der Waals surface area contributed by atoms with E-state index in [0.717, 1.165) is 16.9 Å². The molecule has 0 fully saturated rings. The Morgan fingerprint density at radius 1 is 1.24 bits per heavy atom. The summed E-state index contributed by atoms with van der Waals surface area (Å²) in [6.45, 7) is 0.445. The van der Waals surface area contributed by atoms with Gasteiger partial charge in [-0.05, 0) is 35.4 Å². The van der Waals surface area contributed by atoms with Crippen molar-refractivity contribution in [1.29, 1.82) is 0 Å². The van der Waals surface area contributed by atoms with Crippen molar-refractivity contribution in [3.63, 3.8) is 0 Å². The molecule has 4 rings (SSSR count). The molecule has 0 unspecified atom stereocenters. The maximum Gasteiger partial charge on any atom is 0.229 e. The monoisotopic (exact) mass is 354 g/mol. The number of hydrogen-bond donors (Lipinski definition) is 1. The van der Waals surface area contributed by atoms with Crippen LogP contribution in [-0.4, -0.2) is 20.7 Å². The van der Waals surface area contributed by atoms with Gasteiger partial charge in [0.05, 0.1) is 12.5 Å². The Morgan fingerprint density at radius 2 is 2.08 bits per heavy atom. The van der Waals surface area contributed by atoms with Crippen LogP contribution in [-0.2, 0) is 11.4 Å². The highest BCUT2D eigenvalue weighted by atomic mass is 35.5. The molecule has 0 aliphatic carbocycles. The van der Waals surface area contributed by atoms with E-state index in [-0.39, 0.29) is 11.9 Å². The first-order valence-corrected chi connectivity index (χ1v) is 8.23. The summed E-state index contributed by atoms with van der Waals surface area (Å²) in [4.78, 5) is 16.0. The number of anilines is 1. The number of benzene rings is 2. The third-order valence-electron chi connectivity index (χ3n) is 4.06. The molecule has 2 heterocycles. The van der Waals surface area contributed by atoms with E-state index in [1.807, 2.05) is 48.5 Å². The van der Waals surface area contributed by atoms with Crippen LogP contribution in [0.3, 0.4) is 0 Å². The molecule has 1 aromatic heterocycles. The minimum Gasteiger partial charge on any atom is -0.489 e. The number of carbonyl (C=O) groups is 1. The average Bonchev–Trinajstić information content (AvgIpc) is 3.09. The zero-order chi connectivity index (χ0) is 17.2. The summed E-state index contributed by atoms with van der Waals surface area (Å²) >= 11 is 5.89. The molecule has 0 bridgehead atoms. The SMILES string of the molecule is O=C1C[C@H](c2cccc(OCc3ccc(Cl)cc3)c2)n2ncnc2N1. The number of rotatable bonds is 4. The largest absolute Gasteiger partial charge is 0.489 e. The first kappa shape index (κ1) is 15.7. The van der Waals surface area contributed by atoms with Gasteiger partial charge >= 0.3 is 0 Å². The number of nitrogens with one attached hydrogen (secondary N) is 1. The van der Waals surface area contributed by atoms with Gasteiger partial charge in [0.15, 0.2) is 0 Å². The minimum atomic E-state index is -0.190. The van der Waals surface area contributed by atoms with E-state index in [9.17, 15) is 4.79 Å². The molecule has 1 aliphatic heterocycles. The fourth-order valence-electron chi connectivity index (χ4n) is 2.82. The van der Waals surface area contributed by atoms with Crippen LogP contribution in [0.1, 0.15) is 23.6 Å². The molecule has 1 amide bonds. The van der Waals surface area contributed by atoms with Crippen molar-refractivity contribution < 1.29 is 9.53 Å². The van der Waals surface area contributed by atoms with Gasteiger partial charge in [0.2, 0.25) is 11.9 Å². The summed E-state index contributed by atoms with van der Waals surface area (Å²) in [6.07, 6.45) is 1.76. The minimum absolute atomic E-state index is 0.0713. The Hall–Kier alpha value is -2.86. The van der Waals surface area contributed by atoms with Crippen LogP contribution >= 0.6 is 11.6 Å². The average molecular weight is 355 g/mol. The van der Waals surface area contributed by atoms with Crippen LogP contribution in [0.2, 0.25) is 5.02 Å². The second-order valence-corrected chi connectivity index (χ2v) is 6.22. The van der Waals surface area contributed by atoms with Gasteiger partial charge in [0.1, 0.15) is 18.7 Å². The summed E-state index contributed by atoms with van der Waals surface area (Å²) in [5.74, 6) is 1.13. The molecule has 0 radical (unpaired) electrons. The first-order valence-electron chi connectivity index (χ1n) is 7.85. The highest BCUT2D eigenvalue weighted by Crippen LogP contribution is 2.30. The van der Waals surface area contributed by atoms with Crippen LogP contribution in [0.25, 0.3) is 0 Å². The Kier molecular flexibility index (Phi) is 4.11. The fraction of sp³-hybridized carbons (Fsp3) is 0.167. The molecule has 1 N–H and O–H groups in total. The molecule has 0 saturated carbocycles. The predicted octanol–water partition coefficient (Wildman–Crippen LogP) is 3.44. The van der Waals surface area contributed by atoms with Crippen molar-refractivity contribution in [1.82, 2.24) is 14.8 Å². The standard InChI is InChI=1S/C18H15ClN4O2/c19-14-6-4-12(5-7-14)10-25-15-3-1-2-13(8-15)16-9-17(24)22-18-20-11-21-23(16)18/h1-8,11,16H,9-10H2,(H,20,21,22,24)/t16-/m1/s1. The van der Waals surface area contributed by atoms with Crippen LogP contribution in [0.4, 0.5) is 5.95 Å². The highest BCUT2D eigenvalue weighted by molar-refractivity contribution is 6.30. The Labute approximate surface area is 149 Å². The number of hydrogen-bond acceptors (Lipinski definition) is 4. The van der Waals surface area contributed by atoms with Gasteiger partial charge in [-0.2, -0.15) is 10.1 Å². The Balaban J connectivity index is 1.54. The van der Waals surface area contributed by atoms with E-state index < -0.39 is 0 Å². The Morgan fingerprint density at radius 3 is 2.92 bits per heavy atom. The molecule has 3 aromatic rings. The van der Waals surface area contributed by atoms with Crippen molar-refractivity contribution >= 4 is 23.5 Å². The van der Waals surface area contributed by atoms with Crippen molar-refractivity contribution in [3.8, 4) is 5.75 Å². The van der Waals surface area contributed by atoms with Crippen LogP contribution in [0.5, 0.6) is 5.75 Å². The van der Waals surface area contributed by atoms with Gasteiger partial charge in [-0.15, -0.1) is 0 Å². The second-order valence-electron chi connectivity index (χ2n) is 5.78. The summed E-state index contributed by atoms with van der Waals surface area (Å²) in [5, 5.41) is 7.63. The van der Waals surface area contributed by atoms with Gasteiger partial charge < -0.3 is 4.74 Å². The first-order chi connectivity index (χ1) is 12.2. The van der Waals surface area contributed by atoms with Crippen molar-refractivity contribution in [2.24, 2.45) is 0 Å². The van der Waals surface area contributed by atoms with Crippen LogP contribution in [0.15, 0.2) is 54.9 Å². The molecular weight excluding hydrogens is 340 g/mol. The normalized spacial score (nSPS) is 16.2. The summed E-state index contributed by atoms with van der Waals surface area (Å²) in [6, 6.07) is 15.0. The number of fused-ring (bicyclic) bond motifs is 1. The number of ether oxygens (including phenoxy) is 1. The molecule has 2 aromatic carbocycles. The molecular formula is C18H15ClN4O2. The van der Waals surface area contributed by atoms with Crippen LogP contribution < -0.4 is 10.1 Å². The maximum atomic E-state index is 11.9. The highest BCUT2D eigenvalue weighted by Gasteiger charge is 2.27. The summed E-state index contributed by atoms with van der Waals surface area (Å²) in [7, 11) is 0. The fourth-order valence-corrected chi connectivity index (χ4v) is 2.95. The second kappa shape index (κ2) is 6.57. The van der Waals surface area contributed by atoms with E-state index in [2.05, 4.69) is 15.4 Å². The number of carbonyl (C=O) groups excluding carboxylic acids is 1. The lowest BCUT2D eigenvalue weighted by molar-refractivity contribution is -0.117. The number of halogens is 1.